The molecular weight excluding hydrogens is 330 g/mol. The van der Waals surface area contributed by atoms with E-state index in [9.17, 15) is 4.79 Å². The Balaban J connectivity index is 1.67. The molecule has 0 bridgehead atoms. The van der Waals surface area contributed by atoms with Gasteiger partial charge in [0.2, 0.25) is 5.91 Å². The molecule has 0 saturated heterocycles. The smallest absolute Gasteiger partial charge is 0.248 e. The van der Waals surface area contributed by atoms with E-state index in [4.69, 9.17) is 12.2 Å². The van der Waals surface area contributed by atoms with Crippen molar-refractivity contribution in [1.29, 1.82) is 0 Å². The van der Waals surface area contributed by atoms with Crippen LogP contribution in [0.1, 0.15) is 43.5 Å². The van der Waals surface area contributed by atoms with Gasteiger partial charge in [-0.05, 0) is 45.0 Å². The van der Waals surface area contributed by atoms with Crippen LogP contribution in [0.5, 0.6) is 0 Å². The minimum atomic E-state index is -0.162. The number of rotatable bonds is 4. The van der Waals surface area contributed by atoms with Crippen LogP contribution in [-0.2, 0) is 4.79 Å². The number of hydrogen-bond acceptors (Lipinski definition) is 5. The normalized spacial score (nSPS) is 15.0. The first-order chi connectivity index (χ1) is 11.0. The Morgan fingerprint density at radius 3 is 2.52 bits per heavy atom. The molecular formula is C15H23N5OS2. The summed E-state index contributed by atoms with van der Waals surface area (Å²) in [6, 6.07) is 2.32. The van der Waals surface area contributed by atoms with E-state index >= 15 is 0 Å². The van der Waals surface area contributed by atoms with E-state index in [0.29, 0.717) is 16.3 Å². The summed E-state index contributed by atoms with van der Waals surface area (Å²) in [5.74, 6) is 0.0765. The minimum absolute atomic E-state index is 0.162. The summed E-state index contributed by atoms with van der Waals surface area (Å²) >= 11 is 6.50. The SMILES string of the molecule is Cc1cc(C)nc(SCC(=O)NNC(=S)NC2CCCCC2)n1. The lowest BCUT2D eigenvalue weighted by Crippen LogP contribution is -2.50. The Morgan fingerprint density at radius 2 is 1.87 bits per heavy atom. The summed E-state index contributed by atoms with van der Waals surface area (Å²) in [6.07, 6.45) is 6.04. The highest BCUT2D eigenvalue weighted by molar-refractivity contribution is 7.99. The van der Waals surface area contributed by atoms with Gasteiger partial charge in [0.1, 0.15) is 0 Å². The molecule has 1 saturated carbocycles. The molecule has 0 atom stereocenters. The average molecular weight is 354 g/mol. The quantitative estimate of drug-likeness (QED) is 0.331. The van der Waals surface area contributed by atoms with Crippen LogP contribution >= 0.6 is 24.0 Å². The molecule has 1 heterocycles. The van der Waals surface area contributed by atoms with Crippen molar-refractivity contribution in [3.05, 3.63) is 17.5 Å². The van der Waals surface area contributed by atoms with Crippen molar-refractivity contribution >= 4 is 35.0 Å². The Kier molecular flexibility index (Phi) is 7.04. The number of hydrogen-bond donors (Lipinski definition) is 3. The predicted molar refractivity (Wildman–Crippen MR) is 96.1 cm³/mol. The van der Waals surface area contributed by atoms with Crippen molar-refractivity contribution in [2.45, 2.75) is 57.1 Å². The zero-order valence-corrected chi connectivity index (χ0v) is 15.1. The monoisotopic (exact) mass is 353 g/mol. The number of thioether (sulfide) groups is 1. The number of carbonyl (C=O) groups excluding carboxylic acids is 1. The summed E-state index contributed by atoms with van der Waals surface area (Å²) in [5.41, 5.74) is 7.16. The van der Waals surface area contributed by atoms with Crippen LogP contribution in [0.15, 0.2) is 11.2 Å². The van der Waals surface area contributed by atoms with Gasteiger partial charge in [0.15, 0.2) is 10.3 Å². The van der Waals surface area contributed by atoms with Crippen molar-refractivity contribution in [2.24, 2.45) is 0 Å². The number of carbonyl (C=O) groups is 1. The molecule has 23 heavy (non-hydrogen) atoms. The molecule has 6 nitrogen and oxygen atoms in total. The first-order valence-electron chi connectivity index (χ1n) is 7.83. The second-order valence-corrected chi connectivity index (χ2v) is 7.05. The summed E-state index contributed by atoms with van der Waals surface area (Å²) in [4.78, 5) is 20.4. The Bertz CT molecular complexity index is 541. The minimum Gasteiger partial charge on any atom is -0.359 e. The zero-order chi connectivity index (χ0) is 16.7. The van der Waals surface area contributed by atoms with E-state index in [0.717, 1.165) is 24.2 Å². The average Bonchev–Trinajstić information content (AvgIpc) is 2.51. The molecule has 0 spiro atoms. The largest absolute Gasteiger partial charge is 0.359 e. The van der Waals surface area contributed by atoms with Crippen LogP contribution in [0.2, 0.25) is 0 Å². The molecule has 2 rings (SSSR count). The first kappa shape index (κ1) is 17.9. The van der Waals surface area contributed by atoms with E-state index in [1.807, 2.05) is 19.9 Å². The van der Waals surface area contributed by atoms with Crippen molar-refractivity contribution in [3.8, 4) is 0 Å². The Morgan fingerprint density at radius 1 is 1.22 bits per heavy atom. The van der Waals surface area contributed by atoms with E-state index in [1.165, 1.54) is 31.0 Å². The van der Waals surface area contributed by atoms with Crippen LogP contribution in [0.4, 0.5) is 0 Å². The third kappa shape index (κ3) is 6.70. The third-order valence-corrected chi connectivity index (χ3v) is 4.62. The molecule has 1 aliphatic rings. The molecule has 0 radical (unpaired) electrons. The second-order valence-electron chi connectivity index (χ2n) is 5.70. The number of aryl methyl sites for hydroxylation is 2. The van der Waals surface area contributed by atoms with Gasteiger partial charge in [-0.25, -0.2) is 9.97 Å². The maximum absolute atomic E-state index is 11.8. The molecule has 0 aliphatic heterocycles. The van der Waals surface area contributed by atoms with Gasteiger partial charge in [0.25, 0.3) is 0 Å². The third-order valence-electron chi connectivity index (χ3n) is 3.55. The van der Waals surface area contributed by atoms with Gasteiger partial charge in [0, 0.05) is 17.4 Å². The summed E-state index contributed by atoms with van der Waals surface area (Å²) in [6.45, 7) is 3.82. The lowest BCUT2D eigenvalue weighted by Gasteiger charge is -2.24. The van der Waals surface area contributed by atoms with Gasteiger partial charge in [-0.2, -0.15) is 0 Å². The zero-order valence-electron chi connectivity index (χ0n) is 13.5. The lowest BCUT2D eigenvalue weighted by atomic mass is 9.96. The molecule has 0 aromatic carbocycles. The summed E-state index contributed by atoms with van der Waals surface area (Å²) in [7, 11) is 0. The summed E-state index contributed by atoms with van der Waals surface area (Å²) in [5, 5.41) is 4.32. The fraction of sp³-hybridized carbons (Fsp3) is 0.600. The van der Waals surface area contributed by atoms with Crippen molar-refractivity contribution < 1.29 is 4.79 Å². The Hall–Kier alpha value is -1.41. The number of hydrazine groups is 1. The first-order valence-corrected chi connectivity index (χ1v) is 9.23. The van der Waals surface area contributed by atoms with Crippen molar-refractivity contribution in [2.75, 3.05) is 5.75 Å². The highest BCUT2D eigenvalue weighted by Crippen LogP contribution is 2.17. The maximum atomic E-state index is 11.8. The highest BCUT2D eigenvalue weighted by Gasteiger charge is 2.14. The topological polar surface area (TPSA) is 78.9 Å². The number of thiocarbonyl (C=S) groups is 1. The van der Waals surface area contributed by atoms with E-state index in [1.54, 1.807) is 0 Å². The molecule has 0 unspecified atom stereocenters. The van der Waals surface area contributed by atoms with E-state index < -0.39 is 0 Å². The van der Waals surface area contributed by atoms with Gasteiger partial charge < -0.3 is 5.32 Å². The summed E-state index contributed by atoms with van der Waals surface area (Å²) < 4.78 is 0. The van der Waals surface area contributed by atoms with E-state index in [2.05, 4.69) is 26.1 Å². The van der Waals surface area contributed by atoms with Gasteiger partial charge in [-0.1, -0.05) is 31.0 Å². The van der Waals surface area contributed by atoms with Gasteiger partial charge in [-0.3, -0.25) is 15.6 Å². The standard InChI is InChI=1S/C15H23N5OS2/c1-10-8-11(2)17-15(16-10)23-9-13(21)19-20-14(22)18-12-6-4-3-5-7-12/h8,12H,3-7,9H2,1-2H3,(H,19,21)(H2,18,20,22). The second kappa shape index (κ2) is 9.02. The van der Waals surface area contributed by atoms with Gasteiger partial charge in [-0.15, -0.1) is 0 Å². The molecule has 1 fully saturated rings. The van der Waals surface area contributed by atoms with Crippen molar-refractivity contribution in [3.63, 3.8) is 0 Å². The number of amides is 1. The van der Waals surface area contributed by atoms with Crippen LogP contribution in [0.25, 0.3) is 0 Å². The van der Waals surface area contributed by atoms with Crippen LogP contribution in [0, 0.1) is 13.8 Å². The predicted octanol–water partition coefficient (Wildman–Crippen LogP) is 2.01. The van der Waals surface area contributed by atoms with Gasteiger partial charge >= 0.3 is 0 Å². The molecule has 3 N–H and O–H groups in total. The molecule has 8 heteroatoms. The van der Waals surface area contributed by atoms with Crippen LogP contribution < -0.4 is 16.2 Å². The fourth-order valence-corrected chi connectivity index (χ4v) is 3.49. The number of aromatic nitrogens is 2. The molecule has 1 amide bonds. The number of nitrogens with zero attached hydrogens (tertiary/aromatic N) is 2. The molecule has 1 aromatic rings. The highest BCUT2D eigenvalue weighted by atomic mass is 32.2. The van der Waals surface area contributed by atoms with E-state index in [-0.39, 0.29) is 11.7 Å². The molecule has 1 aromatic heterocycles. The Labute approximate surface area is 146 Å². The van der Waals surface area contributed by atoms with Crippen molar-refractivity contribution in [1.82, 2.24) is 26.1 Å². The van der Waals surface area contributed by atoms with Gasteiger partial charge in [0.05, 0.1) is 5.75 Å². The fourth-order valence-electron chi connectivity index (χ4n) is 2.52. The lowest BCUT2D eigenvalue weighted by molar-refractivity contribution is -0.119. The maximum Gasteiger partial charge on any atom is 0.248 e. The molecule has 1 aliphatic carbocycles. The molecule has 126 valence electrons. The van der Waals surface area contributed by atoms with Crippen LogP contribution in [-0.4, -0.2) is 32.8 Å². The number of nitrogens with one attached hydrogen (secondary N) is 3. The van der Waals surface area contributed by atoms with Crippen LogP contribution in [0.3, 0.4) is 0 Å².